The Kier molecular flexibility index (Phi) is 2.80. The fraction of sp³-hybridized carbons (Fsp3) is 0.333. The van der Waals surface area contributed by atoms with Gasteiger partial charge in [-0.1, -0.05) is 0 Å². The van der Waals surface area contributed by atoms with E-state index in [0.717, 1.165) is 10.2 Å². The zero-order chi connectivity index (χ0) is 15.3. The minimum Gasteiger partial charge on any atom is -0.338 e. The second kappa shape index (κ2) is 4.61. The topological polar surface area (TPSA) is 79.4 Å². The van der Waals surface area contributed by atoms with Crippen LogP contribution < -0.4 is 5.32 Å². The molecule has 3 heterocycles. The number of nitrogens with zero attached hydrogens (tertiary/aromatic N) is 2. The molecule has 2 aromatic rings. The predicted octanol–water partition coefficient (Wildman–Crippen LogP) is 1.18. The van der Waals surface area contributed by atoms with E-state index in [-0.39, 0.29) is 24.1 Å². The fourth-order valence-electron chi connectivity index (χ4n) is 3.24. The molecule has 3 amide bonds. The van der Waals surface area contributed by atoms with Crippen LogP contribution in [0.15, 0.2) is 23.7 Å². The van der Waals surface area contributed by atoms with E-state index >= 15 is 0 Å². The number of carbonyl (C=O) groups excluding carboxylic acids is 3. The van der Waals surface area contributed by atoms with Crippen LogP contribution in [0.5, 0.6) is 0 Å². The summed E-state index contributed by atoms with van der Waals surface area (Å²) in [4.78, 5) is 41.9. The first kappa shape index (κ1) is 13.4. The van der Waals surface area contributed by atoms with Gasteiger partial charge in [-0.15, -0.1) is 11.3 Å². The van der Waals surface area contributed by atoms with Gasteiger partial charge in [-0.05, 0) is 24.6 Å². The molecule has 4 rings (SSSR count). The average Bonchev–Trinajstić information content (AvgIpc) is 3.18. The zero-order valence-corrected chi connectivity index (χ0v) is 12.5. The van der Waals surface area contributed by atoms with E-state index < -0.39 is 5.41 Å². The van der Waals surface area contributed by atoms with E-state index in [1.165, 1.54) is 11.3 Å². The highest BCUT2D eigenvalue weighted by Gasteiger charge is 2.51. The van der Waals surface area contributed by atoms with Crippen molar-refractivity contribution in [3.8, 4) is 0 Å². The molecule has 2 aliphatic heterocycles. The standard InChI is InChI=1S/C15H13N3O3S/c19-12-6-15(14(21)17-12)3-4-18(7-15)13(20)9-1-2-11-10(5-9)16-8-22-11/h1-2,5,8H,3-4,6-7H2,(H,17,19,21)/t15-/m0/s1. The Morgan fingerprint density at radius 3 is 3.00 bits per heavy atom. The van der Waals surface area contributed by atoms with Gasteiger partial charge in [-0.2, -0.15) is 0 Å². The summed E-state index contributed by atoms with van der Waals surface area (Å²) in [5.74, 6) is -0.607. The number of aromatic nitrogens is 1. The zero-order valence-electron chi connectivity index (χ0n) is 11.7. The number of amides is 3. The van der Waals surface area contributed by atoms with Crippen LogP contribution in [0, 0.1) is 5.41 Å². The second-order valence-electron chi connectivity index (χ2n) is 5.85. The van der Waals surface area contributed by atoms with Gasteiger partial charge in [0.05, 0.1) is 21.1 Å². The van der Waals surface area contributed by atoms with E-state index in [9.17, 15) is 14.4 Å². The largest absolute Gasteiger partial charge is 0.338 e. The maximum atomic E-state index is 12.6. The summed E-state index contributed by atoms with van der Waals surface area (Å²) >= 11 is 1.53. The van der Waals surface area contributed by atoms with Crippen LogP contribution in [0.2, 0.25) is 0 Å². The SMILES string of the molecule is O=C1C[C@]2(CCN(C(=O)c3ccc4scnc4c3)C2)C(=O)N1. The van der Waals surface area contributed by atoms with E-state index in [2.05, 4.69) is 10.3 Å². The average molecular weight is 315 g/mol. The van der Waals surface area contributed by atoms with Crippen LogP contribution in [-0.2, 0) is 9.59 Å². The number of hydrogen-bond acceptors (Lipinski definition) is 5. The first-order chi connectivity index (χ1) is 10.6. The smallest absolute Gasteiger partial charge is 0.253 e. The lowest BCUT2D eigenvalue weighted by Gasteiger charge is -2.20. The number of likely N-dealkylation sites (tertiary alicyclic amines) is 1. The molecule has 1 spiro atoms. The number of thiazole rings is 1. The van der Waals surface area contributed by atoms with E-state index in [1.807, 2.05) is 6.07 Å². The van der Waals surface area contributed by atoms with Crippen molar-refractivity contribution in [3.63, 3.8) is 0 Å². The van der Waals surface area contributed by atoms with Crippen LogP contribution in [0.4, 0.5) is 0 Å². The third-order valence-electron chi connectivity index (χ3n) is 4.45. The Morgan fingerprint density at radius 1 is 1.36 bits per heavy atom. The number of imide groups is 1. The third-order valence-corrected chi connectivity index (χ3v) is 5.26. The van der Waals surface area contributed by atoms with Crippen LogP contribution >= 0.6 is 11.3 Å². The van der Waals surface area contributed by atoms with Crippen LogP contribution in [-0.4, -0.2) is 40.7 Å². The van der Waals surface area contributed by atoms with E-state index in [4.69, 9.17) is 0 Å². The van der Waals surface area contributed by atoms with Crippen molar-refractivity contribution in [3.05, 3.63) is 29.3 Å². The summed E-state index contributed by atoms with van der Waals surface area (Å²) in [7, 11) is 0. The number of nitrogens with one attached hydrogen (secondary N) is 1. The van der Waals surface area contributed by atoms with Gasteiger partial charge in [0.1, 0.15) is 0 Å². The monoisotopic (exact) mass is 315 g/mol. The molecule has 0 radical (unpaired) electrons. The van der Waals surface area contributed by atoms with Crippen molar-refractivity contribution in [2.24, 2.45) is 5.41 Å². The molecule has 7 heteroatoms. The number of carbonyl (C=O) groups is 3. The second-order valence-corrected chi connectivity index (χ2v) is 6.73. The normalized spacial score (nSPS) is 24.5. The molecule has 0 unspecified atom stereocenters. The van der Waals surface area contributed by atoms with Gasteiger partial charge >= 0.3 is 0 Å². The molecule has 0 saturated carbocycles. The molecule has 1 aromatic carbocycles. The van der Waals surface area contributed by atoms with Crippen molar-refractivity contribution >= 4 is 39.3 Å². The number of benzene rings is 1. The molecule has 2 fully saturated rings. The minimum atomic E-state index is -0.725. The molecule has 6 nitrogen and oxygen atoms in total. The van der Waals surface area contributed by atoms with Crippen molar-refractivity contribution < 1.29 is 14.4 Å². The molecular weight excluding hydrogens is 302 g/mol. The number of fused-ring (bicyclic) bond motifs is 1. The first-order valence-electron chi connectivity index (χ1n) is 7.04. The Labute approximate surface area is 130 Å². The molecule has 22 heavy (non-hydrogen) atoms. The van der Waals surface area contributed by atoms with Crippen LogP contribution in [0.3, 0.4) is 0 Å². The quantitative estimate of drug-likeness (QED) is 0.801. The Hall–Kier alpha value is -2.28. The van der Waals surface area contributed by atoms with Crippen molar-refractivity contribution in [1.29, 1.82) is 0 Å². The number of rotatable bonds is 1. The number of hydrogen-bond donors (Lipinski definition) is 1. The molecule has 112 valence electrons. The predicted molar refractivity (Wildman–Crippen MR) is 80.3 cm³/mol. The highest BCUT2D eigenvalue weighted by atomic mass is 32.1. The van der Waals surface area contributed by atoms with Gasteiger partial charge in [-0.3, -0.25) is 19.7 Å². The molecule has 2 aliphatic rings. The maximum absolute atomic E-state index is 12.6. The van der Waals surface area contributed by atoms with Gasteiger partial charge < -0.3 is 4.90 Å². The van der Waals surface area contributed by atoms with Crippen molar-refractivity contribution in [1.82, 2.24) is 15.2 Å². The van der Waals surface area contributed by atoms with Crippen molar-refractivity contribution in [2.75, 3.05) is 13.1 Å². The maximum Gasteiger partial charge on any atom is 0.253 e. The van der Waals surface area contributed by atoms with Gasteiger partial charge in [0, 0.05) is 25.1 Å². The fourth-order valence-corrected chi connectivity index (χ4v) is 3.90. The lowest BCUT2D eigenvalue weighted by Crippen LogP contribution is -2.36. The Bertz CT molecular complexity index is 815. The van der Waals surface area contributed by atoms with Crippen molar-refractivity contribution in [2.45, 2.75) is 12.8 Å². The van der Waals surface area contributed by atoms with Gasteiger partial charge in [-0.25, -0.2) is 4.98 Å². The summed E-state index contributed by atoms with van der Waals surface area (Å²) in [6.45, 7) is 0.799. The summed E-state index contributed by atoms with van der Waals surface area (Å²) < 4.78 is 1.04. The highest BCUT2D eigenvalue weighted by Crippen LogP contribution is 2.38. The summed E-state index contributed by atoms with van der Waals surface area (Å²) in [6, 6.07) is 5.45. The summed E-state index contributed by atoms with van der Waals surface area (Å²) in [5, 5.41) is 2.35. The van der Waals surface area contributed by atoms with E-state index in [1.54, 1.807) is 22.5 Å². The lowest BCUT2D eigenvalue weighted by molar-refractivity contribution is -0.128. The van der Waals surface area contributed by atoms with Gasteiger partial charge in [0.2, 0.25) is 11.8 Å². The third kappa shape index (κ3) is 1.93. The van der Waals surface area contributed by atoms with E-state index in [0.29, 0.717) is 25.1 Å². The molecule has 1 atom stereocenters. The molecule has 0 bridgehead atoms. The van der Waals surface area contributed by atoms with Gasteiger partial charge in [0.15, 0.2) is 0 Å². The molecule has 1 N–H and O–H groups in total. The lowest BCUT2D eigenvalue weighted by atomic mass is 9.85. The molecule has 1 aromatic heterocycles. The molecule has 2 saturated heterocycles. The minimum absolute atomic E-state index is 0.112. The van der Waals surface area contributed by atoms with Crippen LogP contribution in [0.1, 0.15) is 23.2 Å². The summed E-state index contributed by atoms with van der Waals surface area (Å²) in [5.41, 5.74) is 2.40. The van der Waals surface area contributed by atoms with Gasteiger partial charge in [0.25, 0.3) is 5.91 Å². The molecule has 0 aliphatic carbocycles. The Balaban J connectivity index is 1.59. The molecular formula is C15H13N3O3S. The highest BCUT2D eigenvalue weighted by molar-refractivity contribution is 7.16. The Morgan fingerprint density at radius 2 is 2.23 bits per heavy atom. The first-order valence-corrected chi connectivity index (χ1v) is 7.92. The summed E-state index contributed by atoms with van der Waals surface area (Å²) in [6.07, 6.45) is 0.718. The van der Waals surface area contributed by atoms with Crippen LogP contribution in [0.25, 0.3) is 10.2 Å².